The van der Waals surface area contributed by atoms with Crippen LogP contribution < -0.4 is 11.1 Å². The van der Waals surface area contributed by atoms with E-state index in [9.17, 15) is 4.79 Å². The van der Waals surface area contributed by atoms with Crippen molar-refractivity contribution in [2.75, 3.05) is 6.61 Å². The SMILES string of the molecule is CC1OCCC1(C)NC(=O)C1(C(N)=NO)CCCC1. The Labute approximate surface area is 113 Å². The van der Waals surface area contributed by atoms with Crippen LogP contribution in [0.25, 0.3) is 0 Å². The van der Waals surface area contributed by atoms with E-state index in [-0.39, 0.29) is 23.4 Å². The molecule has 1 saturated heterocycles. The van der Waals surface area contributed by atoms with E-state index in [4.69, 9.17) is 15.7 Å². The zero-order valence-corrected chi connectivity index (χ0v) is 11.6. The molecule has 2 atom stereocenters. The van der Waals surface area contributed by atoms with E-state index in [0.717, 1.165) is 19.3 Å². The highest BCUT2D eigenvalue weighted by Crippen LogP contribution is 2.39. The van der Waals surface area contributed by atoms with Crippen molar-refractivity contribution in [2.24, 2.45) is 16.3 Å². The lowest BCUT2D eigenvalue weighted by Gasteiger charge is -2.34. The maximum Gasteiger partial charge on any atom is 0.234 e. The first-order chi connectivity index (χ1) is 8.94. The maximum absolute atomic E-state index is 12.6. The highest BCUT2D eigenvalue weighted by Gasteiger charge is 2.49. The van der Waals surface area contributed by atoms with Gasteiger partial charge >= 0.3 is 0 Å². The lowest BCUT2D eigenvalue weighted by molar-refractivity contribution is -0.130. The van der Waals surface area contributed by atoms with Crippen LogP contribution in [0.2, 0.25) is 0 Å². The van der Waals surface area contributed by atoms with Crippen LogP contribution in [-0.4, -0.2) is 35.2 Å². The molecule has 0 aromatic rings. The van der Waals surface area contributed by atoms with Gasteiger partial charge in [0.1, 0.15) is 5.41 Å². The molecule has 108 valence electrons. The van der Waals surface area contributed by atoms with E-state index in [1.54, 1.807) is 0 Å². The first kappa shape index (κ1) is 14.1. The third-order valence-electron chi connectivity index (χ3n) is 4.78. The van der Waals surface area contributed by atoms with Gasteiger partial charge < -0.3 is 21.0 Å². The Morgan fingerprint density at radius 2 is 2.05 bits per heavy atom. The van der Waals surface area contributed by atoms with Crippen LogP contribution in [0.1, 0.15) is 46.0 Å². The Morgan fingerprint density at radius 3 is 2.53 bits per heavy atom. The number of nitrogens with two attached hydrogens (primary N) is 1. The molecule has 1 amide bonds. The standard InChI is InChI=1S/C13H23N3O3/c1-9-12(2,7-8-19-9)15-11(17)13(10(14)16-18)5-3-4-6-13/h9,18H,3-8H2,1-2H3,(H2,14,16)(H,15,17). The predicted molar refractivity (Wildman–Crippen MR) is 70.9 cm³/mol. The topological polar surface area (TPSA) is 96.9 Å². The van der Waals surface area contributed by atoms with Crippen LogP contribution in [0.4, 0.5) is 0 Å². The summed E-state index contributed by atoms with van der Waals surface area (Å²) in [4.78, 5) is 12.6. The van der Waals surface area contributed by atoms with Crippen LogP contribution in [0.5, 0.6) is 0 Å². The van der Waals surface area contributed by atoms with Crippen molar-refractivity contribution in [2.45, 2.75) is 57.6 Å². The molecule has 0 bridgehead atoms. The van der Waals surface area contributed by atoms with E-state index in [1.165, 1.54) is 0 Å². The lowest BCUT2D eigenvalue weighted by Crippen LogP contribution is -2.57. The van der Waals surface area contributed by atoms with Crippen molar-refractivity contribution in [3.05, 3.63) is 0 Å². The Bertz CT molecular complexity index is 391. The highest BCUT2D eigenvalue weighted by molar-refractivity contribution is 6.07. The minimum atomic E-state index is -0.847. The first-order valence-corrected chi connectivity index (χ1v) is 6.87. The predicted octanol–water partition coefficient (Wildman–Crippen LogP) is 0.977. The largest absolute Gasteiger partial charge is 0.409 e. The lowest BCUT2D eigenvalue weighted by atomic mass is 9.82. The molecule has 1 saturated carbocycles. The number of nitrogens with zero attached hydrogens (tertiary/aromatic N) is 1. The summed E-state index contributed by atoms with van der Waals surface area (Å²) in [5.74, 6) is -0.113. The number of hydrogen-bond donors (Lipinski definition) is 3. The van der Waals surface area contributed by atoms with Crippen molar-refractivity contribution in [1.82, 2.24) is 5.32 Å². The van der Waals surface area contributed by atoms with E-state index in [0.29, 0.717) is 19.4 Å². The van der Waals surface area contributed by atoms with Crippen molar-refractivity contribution < 1.29 is 14.7 Å². The third kappa shape index (κ3) is 2.29. The van der Waals surface area contributed by atoms with Gasteiger partial charge in [-0.25, -0.2) is 0 Å². The fraction of sp³-hybridized carbons (Fsp3) is 0.846. The van der Waals surface area contributed by atoms with Gasteiger partial charge in [0, 0.05) is 6.61 Å². The monoisotopic (exact) mass is 269 g/mol. The third-order valence-corrected chi connectivity index (χ3v) is 4.78. The van der Waals surface area contributed by atoms with Gasteiger partial charge in [0.25, 0.3) is 0 Å². The molecule has 6 nitrogen and oxygen atoms in total. The zero-order chi connectivity index (χ0) is 14.1. The van der Waals surface area contributed by atoms with E-state index < -0.39 is 5.41 Å². The van der Waals surface area contributed by atoms with Crippen LogP contribution in [0, 0.1) is 5.41 Å². The molecule has 2 aliphatic rings. The molecule has 4 N–H and O–H groups in total. The minimum absolute atomic E-state index is 0.0256. The molecular weight excluding hydrogens is 246 g/mol. The molecule has 2 rings (SSSR count). The maximum atomic E-state index is 12.6. The number of amides is 1. The van der Waals surface area contributed by atoms with E-state index >= 15 is 0 Å². The van der Waals surface area contributed by atoms with Gasteiger partial charge in [-0.3, -0.25) is 4.79 Å². The molecule has 0 spiro atoms. The highest BCUT2D eigenvalue weighted by atomic mass is 16.5. The van der Waals surface area contributed by atoms with Crippen molar-refractivity contribution in [3.8, 4) is 0 Å². The molecule has 0 aromatic heterocycles. The number of hydrogen-bond acceptors (Lipinski definition) is 4. The normalized spacial score (nSPS) is 34.4. The van der Waals surface area contributed by atoms with Gasteiger partial charge in [-0.15, -0.1) is 0 Å². The summed E-state index contributed by atoms with van der Waals surface area (Å²) in [5.41, 5.74) is 4.55. The molecule has 1 aliphatic heterocycles. The summed E-state index contributed by atoms with van der Waals surface area (Å²) >= 11 is 0. The number of ether oxygens (including phenoxy) is 1. The van der Waals surface area contributed by atoms with Gasteiger partial charge in [-0.05, 0) is 33.1 Å². The summed E-state index contributed by atoms with van der Waals surface area (Å²) in [7, 11) is 0. The number of carbonyl (C=O) groups is 1. The number of rotatable bonds is 3. The number of nitrogens with one attached hydrogen (secondary N) is 1. The van der Waals surface area contributed by atoms with Crippen LogP contribution in [0.3, 0.4) is 0 Å². The smallest absolute Gasteiger partial charge is 0.234 e. The Morgan fingerprint density at radius 1 is 1.42 bits per heavy atom. The van der Waals surface area contributed by atoms with Crippen molar-refractivity contribution in [3.63, 3.8) is 0 Å². The summed E-state index contributed by atoms with van der Waals surface area (Å²) < 4.78 is 5.53. The molecule has 0 radical (unpaired) electrons. The Balaban J connectivity index is 2.17. The Hall–Kier alpha value is -1.30. The molecule has 6 heteroatoms. The quantitative estimate of drug-likeness (QED) is 0.308. The molecular formula is C13H23N3O3. The van der Waals surface area contributed by atoms with Gasteiger partial charge in [0.15, 0.2) is 5.84 Å². The second-order valence-corrected chi connectivity index (χ2v) is 5.91. The van der Waals surface area contributed by atoms with Crippen molar-refractivity contribution in [1.29, 1.82) is 0 Å². The zero-order valence-electron chi connectivity index (χ0n) is 11.6. The summed E-state index contributed by atoms with van der Waals surface area (Å²) in [5, 5.41) is 15.1. The van der Waals surface area contributed by atoms with Gasteiger partial charge in [0.05, 0.1) is 11.6 Å². The molecule has 1 heterocycles. The summed E-state index contributed by atoms with van der Waals surface area (Å²) in [6.45, 7) is 4.59. The number of oxime groups is 1. The minimum Gasteiger partial charge on any atom is -0.409 e. The average Bonchev–Trinajstić information content (AvgIpc) is 2.98. The van der Waals surface area contributed by atoms with Gasteiger partial charge in [0.2, 0.25) is 5.91 Å². The average molecular weight is 269 g/mol. The summed E-state index contributed by atoms with van der Waals surface area (Å²) in [6.07, 6.45) is 3.88. The molecule has 2 fully saturated rings. The second kappa shape index (κ2) is 5.00. The molecule has 2 unspecified atom stereocenters. The van der Waals surface area contributed by atoms with E-state index in [2.05, 4.69) is 10.5 Å². The first-order valence-electron chi connectivity index (χ1n) is 6.87. The molecule has 0 aromatic carbocycles. The van der Waals surface area contributed by atoms with Crippen LogP contribution in [-0.2, 0) is 9.53 Å². The van der Waals surface area contributed by atoms with Gasteiger partial charge in [-0.2, -0.15) is 0 Å². The fourth-order valence-electron chi connectivity index (χ4n) is 3.05. The van der Waals surface area contributed by atoms with Gasteiger partial charge in [-0.1, -0.05) is 18.0 Å². The van der Waals surface area contributed by atoms with E-state index in [1.807, 2.05) is 13.8 Å². The second-order valence-electron chi connectivity index (χ2n) is 5.91. The number of carbonyl (C=O) groups excluding carboxylic acids is 1. The fourth-order valence-corrected chi connectivity index (χ4v) is 3.05. The Kier molecular flexibility index (Phi) is 3.71. The molecule has 19 heavy (non-hydrogen) atoms. The molecule has 1 aliphatic carbocycles. The summed E-state index contributed by atoms with van der Waals surface area (Å²) in [6, 6.07) is 0. The van der Waals surface area contributed by atoms with Crippen LogP contribution >= 0.6 is 0 Å². The van der Waals surface area contributed by atoms with Crippen molar-refractivity contribution >= 4 is 11.7 Å². The van der Waals surface area contributed by atoms with Crippen LogP contribution in [0.15, 0.2) is 5.16 Å². The number of amidine groups is 1.